The number of thioether (sulfide) groups is 1. The zero-order chi connectivity index (χ0) is 22.2. The lowest BCUT2D eigenvalue weighted by Gasteiger charge is -2.26. The van der Waals surface area contributed by atoms with Gasteiger partial charge in [0.1, 0.15) is 5.82 Å². The summed E-state index contributed by atoms with van der Waals surface area (Å²) in [6.45, 7) is 14.1. The largest absolute Gasteiger partial charge is 0.349 e. The molecule has 2 heterocycles. The maximum atomic E-state index is 12.5. The van der Waals surface area contributed by atoms with Crippen LogP contribution < -0.4 is 5.32 Å². The second-order valence-corrected chi connectivity index (χ2v) is 9.31. The van der Waals surface area contributed by atoms with E-state index < -0.39 is 0 Å². The lowest BCUT2D eigenvalue weighted by Crippen LogP contribution is -2.32. The van der Waals surface area contributed by atoms with E-state index >= 15 is 0 Å². The number of likely N-dealkylation sites (tertiary alicyclic amines) is 1. The fourth-order valence-corrected chi connectivity index (χ4v) is 4.67. The van der Waals surface area contributed by atoms with Gasteiger partial charge in [-0.1, -0.05) is 42.5 Å². The first-order valence-corrected chi connectivity index (χ1v) is 12.2. The Hall–Kier alpha value is -2.12. The maximum Gasteiger partial charge on any atom is 0.230 e. The van der Waals surface area contributed by atoms with Crippen LogP contribution in [0.2, 0.25) is 0 Å². The molecule has 1 aliphatic rings. The second-order valence-electron chi connectivity index (χ2n) is 8.37. The summed E-state index contributed by atoms with van der Waals surface area (Å²) in [6.07, 6.45) is 6.65. The Balaban J connectivity index is 1.54. The van der Waals surface area contributed by atoms with Crippen LogP contribution in [0.25, 0.3) is 0 Å². The van der Waals surface area contributed by atoms with E-state index in [1.807, 2.05) is 13.0 Å². The van der Waals surface area contributed by atoms with Crippen molar-refractivity contribution in [2.75, 3.05) is 25.4 Å². The van der Waals surface area contributed by atoms with Crippen molar-refractivity contribution in [1.29, 1.82) is 0 Å². The number of carbonyl (C=O) groups excluding carboxylic acids is 1. The van der Waals surface area contributed by atoms with Gasteiger partial charge in [0.25, 0.3) is 0 Å². The molecule has 0 saturated carbocycles. The molecule has 1 atom stereocenters. The van der Waals surface area contributed by atoms with Crippen LogP contribution in [0.3, 0.4) is 0 Å². The predicted molar refractivity (Wildman–Crippen MR) is 127 cm³/mol. The number of piperidine rings is 1. The molecule has 6 nitrogen and oxygen atoms in total. The number of rotatable bonds is 10. The fourth-order valence-electron chi connectivity index (χ4n) is 3.89. The SMILES string of the molecule is C=CCn1c(CCN2CCCCC2)nnc1SCC(=O)NC(C)c1ccc(C)c(C)c1. The second kappa shape index (κ2) is 11.5. The molecule has 7 heteroatoms. The Morgan fingerprint density at radius 3 is 2.71 bits per heavy atom. The maximum absolute atomic E-state index is 12.5. The number of amides is 1. The quantitative estimate of drug-likeness (QED) is 0.445. The number of aryl methyl sites for hydroxylation is 2. The lowest BCUT2D eigenvalue weighted by atomic mass is 10.0. The number of aromatic nitrogens is 3. The minimum Gasteiger partial charge on any atom is -0.349 e. The topological polar surface area (TPSA) is 63.1 Å². The molecule has 1 unspecified atom stereocenters. The number of carbonyl (C=O) groups is 1. The Labute approximate surface area is 190 Å². The van der Waals surface area contributed by atoms with Crippen LogP contribution in [0.1, 0.15) is 54.7 Å². The average Bonchev–Trinajstić information content (AvgIpc) is 3.15. The standard InChI is InChI=1S/C24H35N5OS/c1-5-12-29-22(11-15-28-13-7-6-8-14-28)26-27-24(29)31-17-23(30)25-20(4)21-10-9-18(2)19(3)16-21/h5,9-10,16,20H,1,6-8,11-15,17H2,2-4H3,(H,25,30). The van der Waals surface area contributed by atoms with Crippen molar-refractivity contribution < 1.29 is 4.79 Å². The zero-order valence-corrected chi connectivity index (χ0v) is 19.9. The van der Waals surface area contributed by atoms with Gasteiger partial charge in [0, 0.05) is 19.5 Å². The van der Waals surface area contributed by atoms with Gasteiger partial charge < -0.3 is 14.8 Å². The summed E-state index contributed by atoms with van der Waals surface area (Å²) in [5, 5.41) is 12.6. The van der Waals surface area contributed by atoms with Crippen LogP contribution in [-0.4, -0.2) is 51.0 Å². The lowest BCUT2D eigenvalue weighted by molar-refractivity contribution is -0.119. The Morgan fingerprint density at radius 1 is 1.23 bits per heavy atom. The Kier molecular flexibility index (Phi) is 8.72. The average molecular weight is 442 g/mol. The highest BCUT2D eigenvalue weighted by Gasteiger charge is 2.17. The number of benzene rings is 1. The van der Waals surface area contributed by atoms with Gasteiger partial charge in [0.15, 0.2) is 5.16 Å². The summed E-state index contributed by atoms with van der Waals surface area (Å²) in [7, 11) is 0. The molecule has 1 fully saturated rings. The molecule has 1 N–H and O–H groups in total. The first-order chi connectivity index (χ1) is 15.0. The molecular formula is C24H35N5OS. The molecule has 1 amide bonds. The van der Waals surface area contributed by atoms with Crippen LogP contribution in [0.5, 0.6) is 0 Å². The number of nitrogens with zero attached hydrogens (tertiary/aromatic N) is 4. The first kappa shape index (κ1) is 23.5. The van der Waals surface area contributed by atoms with E-state index in [0.717, 1.165) is 29.5 Å². The number of hydrogen-bond acceptors (Lipinski definition) is 5. The summed E-state index contributed by atoms with van der Waals surface area (Å²) >= 11 is 1.44. The van der Waals surface area contributed by atoms with Crippen molar-refractivity contribution in [1.82, 2.24) is 25.0 Å². The normalized spacial score (nSPS) is 15.6. The smallest absolute Gasteiger partial charge is 0.230 e. The molecule has 168 valence electrons. The third-order valence-corrected chi connectivity index (χ3v) is 6.91. The molecular weight excluding hydrogens is 406 g/mol. The Morgan fingerprint density at radius 2 is 2.00 bits per heavy atom. The van der Waals surface area contributed by atoms with E-state index in [0.29, 0.717) is 12.3 Å². The van der Waals surface area contributed by atoms with E-state index in [2.05, 4.69) is 63.6 Å². The summed E-state index contributed by atoms with van der Waals surface area (Å²) < 4.78 is 2.08. The number of hydrogen-bond donors (Lipinski definition) is 1. The first-order valence-electron chi connectivity index (χ1n) is 11.2. The van der Waals surface area contributed by atoms with E-state index in [1.165, 1.54) is 55.2 Å². The van der Waals surface area contributed by atoms with Gasteiger partial charge in [-0.05, 0) is 63.4 Å². The molecule has 1 aliphatic heterocycles. The summed E-state index contributed by atoms with van der Waals surface area (Å²) in [6, 6.07) is 6.29. The molecule has 1 saturated heterocycles. The highest BCUT2D eigenvalue weighted by atomic mass is 32.2. The third kappa shape index (κ3) is 6.68. The summed E-state index contributed by atoms with van der Waals surface area (Å²) in [4.78, 5) is 15.0. The highest BCUT2D eigenvalue weighted by Crippen LogP contribution is 2.20. The van der Waals surface area contributed by atoms with Crippen LogP contribution in [0.4, 0.5) is 0 Å². The van der Waals surface area contributed by atoms with E-state index in [4.69, 9.17) is 0 Å². The monoisotopic (exact) mass is 441 g/mol. The van der Waals surface area contributed by atoms with Crippen molar-refractivity contribution >= 4 is 17.7 Å². The van der Waals surface area contributed by atoms with Gasteiger partial charge in [-0.2, -0.15) is 0 Å². The fraction of sp³-hybridized carbons (Fsp3) is 0.542. The van der Waals surface area contributed by atoms with Crippen LogP contribution in [0.15, 0.2) is 36.0 Å². The third-order valence-electron chi connectivity index (χ3n) is 5.95. The van der Waals surface area contributed by atoms with Gasteiger partial charge in [0.2, 0.25) is 5.91 Å². The molecule has 1 aromatic carbocycles. The van der Waals surface area contributed by atoms with Crippen LogP contribution in [-0.2, 0) is 17.8 Å². The highest BCUT2D eigenvalue weighted by molar-refractivity contribution is 7.99. The van der Waals surface area contributed by atoms with Crippen LogP contribution in [0, 0.1) is 13.8 Å². The van der Waals surface area contributed by atoms with Gasteiger partial charge in [0.05, 0.1) is 11.8 Å². The van der Waals surface area contributed by atoms with Crippen molar-refractivity contribution in [2.24, 2.45) is 0 Å². The van der Waals surface area contributed by atoms with Gasteiger partial charge >= 0.3 is 0 Å². The zero-order valence-electron chi connectivity index (χ0n) is 19.1. The molecule has 31 heavy (non-hydrogen) atoms. The van der Waals surface area contributed by atoms with Crippen molar-refractivity contribution in [3.05, 3.63) is 53.4 Å². The van der Waals surface area contributed by atoms with Gasteiger partial charge in [-0.3, -0.25) is 4.79 Å². The number of nitrogens with one attached hydrogen (secondary N) is 1. The van der Waals surface area contributed by atoms with Crippen molar-refractivity contribution in [3.8, 4) is 0 Å². The van der Waals surface area contributed by atoms with Gasteiger partial charge in [-0.25, -0.2) is 0 Å². The summed E-state index contributed by atoms with van der Waals surface area (Å²) in [5.74, 6) is 1.28. The van der Waals surface area contributed by atoms with Crippen molar-refractivity contribution in [3.63, 3.8) is 0 Å². The Bertz CT molecular complexity index is 888. The minimum absolute atomic E-state index is 0.00116. The van der Waals surface area contributed by atoms with E-state index in [-0.39, 0.29) is 11.9 Å². The molecule has 0 radical (unpaired) electrons. The minimum atomic E-state index is -0.0291. The molecule has 0 spiro atoms. The van der Waals surface area contributed by atoms with Crippen LogP contribution >= 0.6 is 11.8 Å². The molecule has 0 aliphatic carbocycles. The van der Waals surface area contributed by atoms with Gasteiger partial charge in [-0.15, -0.1) is 16.8 Å². The molecule has 3 rings (SSSR count). The molecule has 1 aromatic heterocycles. The van der Waals surface area contributed by atoms with Crippen molar-refractivity contribution in [2.45, 2.75) is 64.2 Å². The van der Waals surface area contributed by atoms with E-state index in [1.54, 1.807) is 0 Å². The molecule has 0 bridgehead atoms. The summed E-state index contributed by atoms with van der Waals surface area (Å²) in [5.41, 5.74) is 3.62. The molecule has 2 aromatic rings. The number of allylic oxidation sites excluding steroid dienone is 1. The van der Waals surface area contributed by atoms with E-state index in [9.17, 15) is 4.79 Å². The predicted octanol–water partition coefficient (Wildman–Crippen LogP) is 4.08.